The molecule has 0 amide bonds. The normalized spacial score (nSPS) is 13.1. The Morgan fingerprint density at radius 2 is 1.83 bits per heavy atom. The van der Waals surface area contributed by atoms with Gasteiger partial charge in [0.15, 0.2) is 17.5 Å². The van der Waals surface area contributed by atoms with Crippen LogP contribution in [0.2, 0.25) is 0 Å². The highest BCUT2D eigenvalue weighted by atomic mass is 127. The molecular weight excluding hydrogens is 488 g/mol. The lowest BCUT2D eigenvalue weighted by Gasteiger charge is -2.18. The Hall–Kier alpha value is -2.07. The minimum atomic E-state index is -0.728. The Labute approximate surface area is 188 Å². The van der Waals surface area contributed by atoms with E-state index >= 15 is 0 Å². The number of ether oxygens (including phenoxy) is 2. The molecule has 6 nitrogen and oxygen atoms in total. The third-order valence-electron chi connectivity index (χ3n) is 3.99. The summed E-state index contributed by atoms with van der Waals surface area (Å²) in [5, 5.41) is 16.6. The molecule has 29 heavy (non-hydrogen) atoms. The summed E-state index contributed by atoms with van der Waals surface area (Å²) >= 11 is 0. The zero-order valence-corrected chi connectivity index (χ0v) is 19.2. The van der Waals surface area contributed by atoms with Crippen molar-refractivity contribution >= 4 is 29.9 Å². The van der Waals surface area contributed by atoms with E-state index in [0.29, 0.717) is 19.0 Å². The SMILES string of the molecule is CCNC(=NCC(O)c1ccc(OC)cc1)NCC(C)Oc1ccccc1F.I. The van der Waals surface area contributed by atoms with Crippen molar-refractivity contribution in [3.05, 3.63) is 59.9 Å². The average Bonchev–Trinajstić information content (AvgIpc) is 2.71. The number of benzene rings is 2. The van der Waals surface area contributed by atoms with Crippen LogP contribution in [-0.2, 0) is 0 Å². The van der Waals surface area contributed by atoms with Crippen LogP contribution in [-0.4, -0.2) is 43.9 Å². The summed E-state index contributed by atoms with van der Waals surface area (Å²) < 4.78 is 24.4. The minimum absolute atomic E-state index is 0. The van der Waals surface area contributed by atoms with Gasteiger partial charge in [-0.3, -0.25) is 4.99 Å². The monoisotopic (exact) mass is 517 g/mol. The van der Waals surface area contributed by atoms with E-state index in [1.165, 1.54) is 6.07 Å². The molecule has 0 aliphatic rings. The Morgan fingerprint density at radius 3 is 2.45 bits per heavy atom. The third kappa shape index (κ3) is 8.45. The zero-order chi connectivity index (χ0) is 20.4. The molecule has 2 aromatic rings. The third-order valence-corrected chi connectivity index (χ3v) is 3.99. The molecule has 0 spiro atoms. The first-order valence-corrected chi connectivity index (χ1v) is 9.28. The van der Waals surface area contributed by atoms with Gasteiger partial charge in [0.1, 0.15) is 11.9 Å². The number of nitrogens with zero attached hydrogens (tertiary/aromatic N) is 1. The molecular formula is C21H29FIN3O3. The van der Waals surface area contributed by atoms with Crippen molar-refractivity contribution in [1.29, 1.82) is 0 Å². The summed E-state index contributed by atoms with van der Waals surface area (Å²) in [7, 11) is 1.60. The van der Waals surface area contributed by atoms with Crippen LogP contribution in [0.3, 0.4) is 0 Å². The highest BCUT2D eigenvalue weighted by Crippen LogP contribution is 2.18. The van der Waals surface area contributed by atoms with Crippen LogP contribution >= 0.6 is 24.0 Å². The lowest BCUT2D eigenvalue weighted by atomic mass is 10.1. The zero-order valence-electron chi connectivity index (χ0n) is 16.9. The quantitative estimate of drug-likeness (QED) is 0.270. The maximum absolute atomic E-state index is 13.7. The van der Waals surface area contributed by atoms with E-state index in [4.69, 9.17) is 9.47 Å². The number of methoxy groups -OCH3 is 1. The van der Waals surface area contributed by atoms with Gasteiger partial charge in [0, 0.05) is 6.54 Å². The van der Waals surface area contributed by atoms with Gasteiger partial charge in [0.05, 0.1) is 26.3 Å². The lowest BCUT2D eigenvalue weighted by molar-refractivity contribution is 0.187. The number of para-hydroxylation sites is 1. The first-order chi connectivity index (χ1) is 13.5. The molecule has 3 N–H and O–H groups in total. The number of aliphatic hydroxyl groups excluding tert-OH is 1. The first kappa shape index (κ1) is 25.0. The molecule has 0 bridgehead atoms. The largest absolute Gasteiger partial charge is 0.497 e. The Bertz CT molecular complexity index is 759. The highest BCUT2D eigenvalue weighted by molar-refractivity contribution is 14.0. The van der Waals surface area contributed by atoms with Crippen LogP contribution in [0.4, 0.5) is 4.39 Å². The van der Waals surface area contributed by atoms with Gasteiger partial charge in [0.25, 0.3) is 0 Å². The minimum Gasteiger partial charge on any atom is -0.497 e. The molecule has 0 radical (unpaired) electrons. The molecule has 0 saturated carbocycles. The summed E-state index contributed by atoms with van der Waals surface area (Å²) in [6, 6.07) is 13.5. The number of hydrogen-bond acceptors (Lipinski definition) is 4. The summed E-state index contributed by atoms with van der Waals surface area (Å²) in [6.45, 7) is 5.10. The molecule has 2 atom stereocenters. The van der Waals surface area contributed by atoms with Crippen molar-refractivity contribution in [3.8, 4) is 11.5 Å². The number of aliphatic hydroxyl groups is 1. The molecule has 0 fully saturated rings. The van der Waals surface area contributed by atoms with Crippen molar-refractivity contribution in [3.63, 3.8) is 0 Å². The fourth-order valence-electron chi connectivity index (χ4n) is 2.49. The predicted molar refractivity (Wildman–Crippen MR) is 124 cm³/mol. The number of nitrogens with one attached hydrogen (secondary N) is 2. The fourth-order valence-corrected chi connectivity index (χ4v) is 2.49. The summed E-state index contributed by atoms with van der Waals surface area (Å²) in [5.74, 6) is 1.11. The first-order valence-electron chi connectivity index (χ1n) is 9.28. The maximum Gasteiger partial charge on any atom is 0.191 e. The number of hydrogen-bond donors (Lipinski definition) is 3. The molecule has 0 aliphatic carbocycles. The molecule has 2 aromatic carbocycles. The van der Waals surface area contributed by atoms with Crippen molar-refractivity contribution in [2.24, 2.45) is 4.99 Å². The Balaban J connectivity index is 0.00000420. The van der Waals surface area contributed by atoms with Gasteiger partial charge < -0.3 is 25.2 Å². The van der Waals surface area contributed by atoms with Gasteiger partial charge >= 0.3 is 0 Å². The van der Waals surface area contributed by atoms with Gasteiger partial charge in [-0.15, -0.1) is 24.0 Å². The molecule has 8 heteroatoms. The van der Waals surface area contributed by atoms with E-state index in [0.717, 1.165) is 11.3 Å². The van der Waals surface area contributed by atoms with Crippen LogP contribution in [0, 0.1) is 5.82 Å². The smallest absolute Gasteiger partial charge is 0.191 e. The van der Waals surface area contributed by atoms with Crippen molar-refractivity contribution in [1.82, 2.24) is 10.6 Å². The summed E-state index contributed by atoms with van der Waals surface area (Å²) in [5.41, 5.74) is 0.761. The summed E-state index contributed by atoms with van der Waals surface area (Å²) in [6.07, 6.45) is -0.999. The molecule has 0 saturated heterocycles. The Morgan fingerprint density at radius 1 is 1.14 bits per heavy atom. The highest BCUT2D eigenvalue weighted by Gasteiger charge is 2.10. The van der Waals surface area contributed by atoms with E-state index in [2.05, 4.69) is 15.6 Å². The number of aliphatic imine (C=N–C) groups is 1. The van der Waals surface area contributed by atoms with Gasteiger partial charge in [-0.1, -0.05) is 24.3 Å². The molecule has 0 aliphatic heterocycles. The maximum atomic E-state index is 13.7. The van der Waals surface area contributed by atoms with Gasteiger partial charge in [-0.2, -0.15) is 0 Å². The van der Waals surface area contributed by atoms with Crippen LogP contribution < -0.4 is 20.1 Å². The average molecular weight is 517 g/mol. The van der Waals surface area contributed by atoms with Gasteiger partial charge in [-0.05, 0) is 43.7 Å². The van der Waals surface area contributed by atoms with Crippen LogP contribution in [0.25, 0.3) is 0 Å². The second-order valence-corrected chi connectivity index (χ2v) is 6.25. The number of halogens is 2. The second kappa shape index (κ2) is 13.2. The van der Waals surface area contributed by atoms with E-state index in [1.807, 2.05) is 26.0 Å². The van der Waals surface area contributed by atoms with Crippen LogP contribution in [0.1, 0.15) is 25.5 Å². The van der Waals surface area contributed by atoms with E-state index in [9.17, 15) is 9.50 Å². The molecule has 2 unspecified atom stereocenters. The molecule has 0 heterocycles. The molecule has 160 valence electrons. The van der Waals surface area contributed by atoms with E-state index in [1.54, 1.807) is 37.4 Å². The van der Waals surface area contributed by atoms with Crippen LogP contribution in [0.15, 0.2) is 53.5 Å². The fraction of sp³-hybridized carbons (Fsp3) is 0.381. The van der Waals surface area contributed by atoms with Crippen molar-refractivity contribution < 1.29 is 19.0 Å². The van der Waals surface area contributed by atoms with Crippen molar-refractivity contribution in [2.45, 2.75) is 26.1 Å². The van der Waals surface area contributed by atoms with Gasteiger partial charge in [0.2, 0.25) is 0 Å². The summed E-state index contributed by atoms with van der Waals surface area (Å²) in [4.78, 5) is 4.41. The predicted octanol–water partition coefficient (Wildman–Crippen LogP) is 3.51. The second-order valence-electron chi connectivity index (χ2n) is 6.25. The van der Waals surface area contributed by atoms with E-state index < -0.39 is 11.9 Å². The van der Waals surface area contributed by atoms with Crippen molar-refractivity contribution in [2.75, 3.05) is 26.7 Å². The number of rotatable bonds is 9. The number of guanidine groups is 1. The lowest BCUT2D eigenvalue weighted by Crippen LogP contribution is -2.42. The topological polar surface area (TPSA) is 75.1 Å². The standard InChI is InChI=1S/C21H28FN3O3.HI/c1-4-23-21(24-13-15(2)28-20-8-6-5-7-18(20)22)25-14-19(26)16-9-11-17(27-3)12-10-16;/h5-12,15,19,26H,4,13-14H2,1-3H3,(H2,23,24,25);1H. The van der Waals surface area contributed by atoms with E-state index in [-0.39, 0.29) is 42.4 Å². The molecule has 2 rings (SSSR count). The Kier molecular flexibility index (Phi) is 11.4. The van der Waals surface area contributed by atoms with Crippen LogP contribution in [0.5, 0.6) is 11.5 Å². The molecule has 0 aromatic heterocycles. The van der Waals surface area contributed by atoms with Gasteiger partial charge in [-0.25, -0.2) is 4.39 Å².